The first-order valence-electron chi connectivity index (χ1n) is 8.94. The lowest BCUT2D eigenvalue weighted by Crippen LogP contribution is -2.34. The van der Waals surface area contributed by atoms with E-state index in [1.54, 1.807) is 24.3 Å². The Hall–Kier alpha value is -2.72. The number of thioether (sulfide) groups is 1. The summed E-state index contributed by atoms with van der Waals surface area (Å²) in [5.74, 6) is -2.60. The van der Waals surface area contributed by atoms with Gasteiger partial charge in [0.1, 0.15) is 5.01 Å². The lowest BCUT2D eigenvalue weighted by Gasteiger charge is -2.24. The number of rotatable bonds is 7. The van der Waals surface area contributed by atoms with Crippen LogP contribution in [0.3, 0.4) is 0 Å². The highest BCUT2D eigenvalue weighted by atomic mass is 32.2. The summed E-state index contributed by atoms with van der Waals surface area (Å²) in [5, 5.41) is 23.8. The Balaban J connectivity index is 1.56. The summed E-state index contributed by atoms with van der Waals surface area (Å²) >= 11 is 2.63. The van der Waals surface area contributed by atoms with Crippen LogP contribution in [0.4, 0.5) is 10.8 Å². The van der Waals surface area contributed by atoms with Crippen molar-refractivity contribution in [3.8, 4) is 0 Å². The third kappa shape index (κ3) is 5.88. The first-order valence-corrected chi connectivity index (χ1v) is 10.7. The van der Waals surface area contributed by atoms with Crippen LogP contribution >= 0.6 is 23.1 Å². The Morgan fingerprint density at radius 1 is 1.17 bits per heavy atom. The number of nitrogens with one attached hydrogen (secondary N) is 2. The lowest BCUT2D eigenvalue weighted by molar-refractivity contribution is -0.146. The van der Waals surface area contributed by atoms with E-state index in [0.29, 0.717) is 23.7 Å². The fourth-order valence-electron chi connectivity index (χ4n) is 2.93. The summed E-state index contributed by atoms with van der Waals surface area (Å²) in [4.78, 5) is 36.8. The molecule has 0 saturated heterocycles. The van der Waals surface area contributed by atoms with Crippen LogP contribution in [0.15, 0.2) is 41.3 Å². The summed E-state index contributed by atoms with van der Waals surface area (Å²) in [6.45, 7) is 1.81. The Bertz CT molecular complexity index is 944. The number of carbonyl (C=O) groups is 3. The van der Waals surface area contributed by atoms with Gasteiger partial charge in [0.2, 0.25) is 16.9 Å². The van der Waals surface area contributed by atoms with E-state index in [2.05, 4.69) is 20.8 Å². The van der Waals surface area contributed by atoms with Gasteiger partial charge >= 0.3 is 5.97 Å². The maximum absolute atomic E-state index is 12.6. The van der Waals surface area contributed by atoms with Crippen LogP contribution in [-0.2, 0) is 14.4 Å². The number of amides is 2. The van der Waals surface area contributed by atoms with Gasteiger partial charge in [0.25, 0.3) is 0 Å². The van der Waals surface area contributed by atoms with Gasteiger partial charge < -0.3 is 10.4 Å². The standard InChI is InChI=1S/C19H20N4O4S2/c1-11-22-23-19(29-11)21-16(24)10-28-13-6-4-5-12(9-13)20-17(25)14-7-2-3-8-15(14)18(26)27/h2-6,9,14-15H,7-8,10H2,1H3,(H,20,25)(H,26,27)(H,21,23,24). The zero-order valence-corrected chi connectivity index (χ0v) is 17.3. The highest BCUT2D eigenvalue weighted by Crippen LogP contribution is 2.28. The highest BCUT2D eigenvalue weighted by molar-refractivity contribution is 8.00. The molecule has 0 saturated carbocycles. The number of carboxylic acids is 1. The van der Waals surface area contributed by atoms with E-state index in [1.165, 1.54) is 23.1 Å². The topological polar surface area (TPSA) is 121 Å². The first kappa shape index (κ1) is 21.0. The molecule has 2 amide bonds. The summed E-state index contributed by atoms with van der Waals surface area (Å²) in [6, 6.07) is 7.12. The molecule has 3 rings (SSSR count). The van der Waals surface area contributed by atoms with Crippen molar-refractivity contribution in [3.63, 3.8) is 0 Å². The molecule has 2 unspecified atom stereocenters. The van der Waals surface area contributed by atoms with Gasteiger partial charge in [0.05, 0.1) is 17.6 Å². The van der Waals surface area contributed by atoms with Gasteiger partial charge in [-0.3, -0.25) is 19.7 Å². The Kier molecular flexibility index (Phi) is 6.99. The van der Waals surface area contributed by atoms with Crippen molar-refractivity contribution < 1.29 is 19.5 Å². The molecular weight excluding hydrogens is 412 g/mol. The lowest BCUT2D eigenvalue weighted by atomic mass is 9.82. The molecule has 152 valence electrons. The Morgan fingerprint density at radius 2 is 1.93 bits per heavy atom. The molecule has 1 aliphatic rings. The van der Waals surface area contributed by atoms with Crippen molar-refractivity contribution in [1.82, 2.24) is 10.2 Å². The third-order valence-electron chi connectivity index (χ3n) is 4.33. The van der Waals surface area contributed by atoms with E-state index in [4.69, 9.17) is 0 Å². The number of benzene rings is 1. The molecule has 0 fully saturated rings. The summed E-state index contributed by atoms with van der Waals surface area (Å²) < 4.78 is 0. The van der Waals surface area contributed by atoms with Gasteiger partial charge in [-0.25, -0.2) is 0 Å². The molecule has 3 N–H and O–H groups in total. The largest absolute Gasteiger partial charge is 0.481 e. The summed E-state index contributed by atoms with van der Waals surface area (Å²) in [6.07, 6.45) is 4.40. The van der Waals surface area contributed by atoms with Crippen LogP contribution in [0.5, 0.6) is 0 Å². The monoisotopic (exact) mass is 432 g/mol. The maximum Gasteiger partial charge on any atom is 0.307 e. The quantitative estimate of drug-likeness (QED) is 0.454. The summed E-state index contributed by atoms with van der Waals surface area (Å²) in [5.41, 5.74) is 0.568. The minimum atomic E-state index is -0.963. The second-order valence-electron chi connectivity index (χ2n) is 6.47. The third-order valence-corrected chi connectivity index (χ3v) is 6.08. The zero-order valence-electron chi connectivity index (χ0n) is 15.6. The van der Waals surface area contributed by atoms with Gasteiger partial charge in [0, 0.05) is 10.6 Å². The summed E-state index contributed by atoms with van der Waals surface area (Å²) in [7, 11) is 0. The van der Waals surface area contributed by atoms with E-state index in [9.17, 15) is 19.5 Å². The molecule has 1 aromatic carbocycles. The van der Waals surface area contributed by atoms with Crippen LogP contribution in [0.25, 0.3) is 0 Å². The van der Waals surface area contributed by atoms with E-state index >= 15 is 0 Å². The van der Waals surface area contributed by atoms with Gasteiger partial charge in [0.15, 0.2) is 0 Å². The van der Waals surface area contributed by atoms with Crippen LogP contribution in [0.1, 0.15) is 17.8 Å². The first-order chi connectivity index (χ1) is 13.9. The molecule has 2 aromatic rings. The number of nitrogens with zero attached hydrogens (tertiary/aromatic N) is 2. The van der Waals surface area contributed by atoms with E-state index < -0.39 is 17.8 Å². The number of hydrogen-bond donors (Lipinski definition) is 3. The molecule has 0 bridgehead atoms. The van der Waals surface area contributed by atoms with E-state index in [-0.39, 0.29) is 17.6 Å². The van der Waals surface area contributed by atoms with Crippen LogP contribution < -0.4 is 10.6 Å². The van der Waals surface area contributed by atoms with Crippen molar-refractivity contribution in [2.45, 2.75) is 24.7 Å². The number of carbonyl (C=O) groups excluding carboxylic acids is 2. The normalized spacial score (nSPS) is 18.2. The van der Waals surface area contributed by atoms with Crippen LogP contribution in [0.2, 0.25) is 0 Å². The molecule has 1 aromatic heterocycles. The number of carboxylic acid groups (broad SMARTS) is 1. The average Bonchev–Trinajstić information content (AvgIpc) is 3.11. The number of allylic oxidation sites excluding steroid dienone is 2. The van der Waals surface area contributed by atoms with Gasteiger partial charge in [-0.1, -0.05) is 29.6 Å². The molecular formula is C19H20N4O4S2. The predicted molar refractivity (Wildman–Crippen MR) is 112 cm³/mol. The second-order valence-corrected chi connectivity index (χ2v) is 8.70. The highest BCUT2D eigenvalue weighted by Gasteiger charge is 2.33. The fourth-order valence-corrected chi connectivity index (χ4v) is 4.29. The molecule has 29 heavy (non-hydrogen) atoms. The van der Waals surface area contributed by atoms with Crippen molar-refractivity contribution in [2.75, 3.05) is 16.4 Å². The minimum Gasteiger partial charge on any atom is -0.481 e. The fraction of sp³-hybridized carbons (Fsp3) is 0.316. The molecule has 0 aliphatic heterocycles. The Labute approximate surface area is 175 Å². The van der Waals surface area contributed by atoms with Crippen LogP contribution in [-0.4, -0.2) is 38.8 Å². The van der Waals surface area contributed by atoms with Gasteiger partial charge in [-0.05, 0) is 38.0 Å². The zero-order chi connectivity index (χ0) is 20.8. The molecule has 8 nitrogen and oxygen atoms in total. The maximum atomic E-state index is 12.6. The van der Waals surface area contributed by atoms with Gasteiger partial charge in [-0.15, -0.1) is 22.0 Å². The second kappa shape index (κ2) is 9.66. The van der Waals surface area contributed by atoms with Crippen molar-refractivity contribution in [2.24, 2.45) is 11.8 Å². The molecule has 2 atom stereocenters. The van der Waals surface area contributed by atoms with Crippen molar-refractivity contribution in [1.29, 1.82) is 0 Å². The van der Waals surface area contributed by atoms with E-state index in [0.717, 1.165) is 9.90 Å². The Morgan fingerprint density at radius 3 is 2.62 bits per heavy atom. The number of aliphatic carboxylic acids is 1. The molecule has 10 heteroatoms. The predicted octanol–water partition coefficient (Wildman–Crippen LogP) is 3.18. The SMILES string of the molecule is Cc1nnc(NC(=O)CSc2cccc(NC(=O)C3CC=CCC3C(=O)O)c2)s1. The van der Waals surface area contributed by atoms with Crippen LogP contribution in [0, 0.1) is 18.8 Å². The molecule has 0 spiro atoms. The van der Waals surface area contributed by atoms with Gasteiger partial charge in [-0.2, -0.15) is 0 Å². The molecule has 1 aliphatic carbocycles. The average molecular weight is 433 g/mol. The van der Waals surface area contributed by atoms with E-state index in [1.807, 2.05) is 19.1 Å². The minimum absolute atomic E-state index is 0.185. The number of aryl methyl sites for hydroxylation is 1. The molecule has 1 heterocycles. The smallest absolute Gasteiger partial charge is 0.307 e. The number of aromatic nitrogens is 2. The number of hydrogen-bond acceptors (Lipinski definition) is 7. The van der Waals surface area contributed by atoms with Crippen molar-refractivity contribution >= 4 is 51.7 Å². The molecule has 0 radical (unpaired) electrons. The van der Waals surface area contributed by atoms with Crippen molar-refractivity contribution in [3.05, 3.63) is 41.4 Å². The number of anilines is 2.